The molecule has 1 saturated heterocycles. The summed E-state index contributed by atoms with van der Waals surface area (Å²) in [4.78, 5) is 35.9. The van der Waals surface area contributed by atoms with E-state index in [1.54, 1.807) is 9.80 Å². The maximum atomic E-state index is 12.3. The van der Waals surface area contributed by atoms with Gasteiger partial charge in [0.1, 0.15) is 11.4 Å². The van der Waals surface area contributed by atoms with Gasteiger partial charge in [-0.25, -0.2) is 4.98 Å². The van der Waals surface area contributed by atoms with Crippen LogP contribution in [0.15, 0.2) is 42.9 Å². The Morgan fingerprint density at radius 1 is 1.12 bits per heavy atom. The molecule has 0 unspecified atom stereocenters. The molecule has 3 rings (SSSR count). The number of rotatable bonds is 4. The number of hydrogen-bond donors (Lipinski definition) is 0. The largest absolute Gasteiger partial charge is 0.484 e. The summed E-state index contributed by atoms with van der Waals surface area (Å²) in [5, 5.41) is 0. The molecule has 2 aromatic rings. The standard InChI is InChI=1S/C18H20N4O3/c1-14-3-2-4-15(11-14)25-13-17(23)21-7-9-22(10-8-21)18(24)16-12-19-5-6-20-16/h2-6,11-12H,7-10,13H2,1H3. The van der Waals surface area contributed by atoms with Crippen LogP contribution >= 0.6 is 0 Å². The van der Waals surface area contributed by atoms with E-state index >= 15 is 0 Å². The molecule has 0 N–H and O–H groups in total. The lowest BCUT2D eigenvalue weighted by molar-refractivity contribution is -0.134. The monoisotopic (exact) mass is 340 g/mol. The number of piperazine rings is 1. The molecule has 0 radical (unpaired) electrons. The van der Waals surface area contributed by atoms with Gasteiger partial charge in [0.15, 0.2) is 6.61 Å². The summed E-state index contributed by atoms with van der Waals surface area (Å²) < 4.78 is 5.56. The molecule has 2 amide bonds. The van der Waals surface area contributed by atoms with Gasteiger partial charge in [-0.2, -0.15) is 0 Å². The molecule has 130 valence electrons. The lowest BCUT2D eigenvalue weighted by Gasteiger charge is -2.34. The third-order valence-corrected chi connectivity index (χ3v) is 4.05. The fraction of sp³-hybridized carbons (Fsp3) is 0.333. The zero-order chi connectivity index (χ0) is 17.6. The minimum atomic E-state index is -0.156. The maximum absolute atomic E-state index is 12.3. The first-order chi connectivity index (χ1) is 12.1. The molecule has 1 aromatic heterocycles. The minimum Gasteiger partial charge on any atom is -0.484 e. The molecule has 0 spiro atoms. The fourth-order valence-corrected chi connectivity index (χ4v) is 2.67. The Balaban J connectivity index is 1.48. The van der Waals surface area contributed by atoms with Crippen molar-refractivity contribution in [1.82, 2.24) is 19.8 Å². The predicted molar refractivity (Wildman–Crippen MR) is 91.2 cm³/mol. The van der Waals surface area contributed by atoms with Crippen LogP contribution in [0.5, 0.6) is 5.75 Å². The van der Waals surface area contributed by atoms with E-state index in [9.17, 15) is 9.59 Å². The highest BCUT2D eigenvalue weighted by Gasteiger charge is 2.25. The molecule has 0 bridgehead atoms. The molecule has 2 heterocycles. The molecular formula is C18H20N4O3. The molecule has 0 saturated carbocycles. The van der Waals surface area contributed by atoms with E-state index in [1.165, 1.54) is 18.6 Å². The van der Waals surface area contributed by atoms with Gasteiger partial charge in [-0.15, -0.1) is 0 Å². The number of amides is 2. The average molecular weight is 340 g/mol. The van der Waals surface area contributed by atoms with E-state index in [0.717, 1.165) is 5.56 Å². The first-order valence-corrected chi connectivity index (χ1v) is 8.16. The van der Waals surface area contributed by atoms with Crippen LogP contribution in [0.4, 0.5) is 0 Å². The summed E-state index contributed by atoms with van der Waals surface area (Å²) in [6, 6.07) is 7.59. The third-order valence-electron chi connectivity index (χ3n) is 4.05. The number of carbonyl (C=O) groups excluding carboxylic acids is 2. The molecule has 7 nitrogen and oxygen atoms in total. The highest BCUT2D eigenvalue weighted by Crippen LogP contribution is 2.13. The Hall–Kier alpha value is -2.96. The van der Waals surface area contributed by atoms with E-state index in [4.69, 9.17) is 4.74 Å². The minimum absolute atomic E-state index is 0.00155. The smallest absolute Gasteiger partial charge is 0.274 e. The summed E-state index contributed by atoms with van der Waals surface area (Å²) in [6.07, 6.45) is 4.48. The van der Waals surface area contributed by atoms with Crippen molar-refractivity contribution < 1.29 is 14.3 Å². The van der Waals surface area contributed by atoms with Gasteiger partial charge < -0.3 is 14.5 Å². The van der Waals surface area contributed by atoms with Crippen molar-refractivity contribution in [2.24, 2.45) is 0 Å². The Morgan fingerprint density at radius 3 is 2.56 bits per heavy atom. The molecule has 1 aliphatic heterocycles. The van der Waals surface area contributed by atoms with Crippen molar-refractivity contribution in [2.75, 3.05) is 32.8 Å². The molecule has 0 aliphatic carbocycles. The van der Waals surface area contributed by atoms with Crippen molar-refractivity contribution in [3.8, 4) is 5.75 Å². The number of carbonyl (C=O) groups is 2. The molecular weight excluding hydrogens is 320 g/mol. The van der Waals surface area contributed by atoms with Gasteiger partial charge >= 0.3 is 0 Å². The van der Waals surface area contributed by atoms with Crippen LogP contribution in [0.25, 0.3) is 0 Å². The highest BCUT2D eigenvalue weighted by molar-refractivity contribution is 5.92. The second-order valence-corrected chi connectivity index (χ2v) is 5.87. The fourth-order valence-electron chi connectivity index (χ4n) is 2.67. The predicted octanol–water partition coefficient (Wildman–Crippen LogP) is 1.15. The second kappa shape index (κ2) is 7.74. The topological polar surface area (TPSA) is 75.6 Å². The summed E-state index contributed by atoms with van der Waals surface area (Å²) in [5.41, 5.74) is 1.41. The summed E-state index contributed by atoms with van der Waals surface area (Å²) in [6.45, 7) is 3.91. The van der Waals surface area contributed by atoms with Gasteiger partial charge in [0.2, 0.25) is 0 Å². The first kappa shape index (κ1) is 16.9. The van der Waals surface area contributed by atoms with Crippen LogP contribution in [-0.2, 0) is 4.79 Å². The van der Waals surface area contributed by atoms with Crippen LogP contribution in [0.1, 0.15) is 16.1 Å². The molecule has 25 heavy (non-hydrogen) atoms. The van der Waals surface area contributed by atoms with E-state index in [2.05, 4.69) is 9.97 Å². The van der Waals surface area contributed by atoms with Gasteiger partial charge in [-0.3, -0.25) is 14.6 Å². The molecule has 7 heteroatoms. The highest BCUT2D eigenvalue weighted by atomic mass is 16.5. The van der Waals surface area contributed by atoms with Crippen molar-refractivity contribution >= 4 is 11.8 Å². The second-order valence-electron chi connectivity index (χ2n) is 5.87. The molecule has 1 fully saturated rings. The van der Waals surface area contributed by atoms with E-state index in [-0.39, 0.29) is 18.4 Å². The van der Waals surface area contributed by atoms with Crippen LogP contribution in [0.2, 0.25) is 0 Å². The zero-order valence-electron chi connectivity index (χ0n) is 14.1. The molecule has 1 aliphatic rings. The lowest BCUT2D eigenvalue weighted by atomic mass is 10.2. The Bertz CT molecular complexity index is 743. The van der Waals surface area contributed by atoms with Crippen LogP contribution < -0.4 is 4.74 Å². The SMILES string of the molecule is Cc1cccc(OCC(=O)N2CCN(C(=O)c3cnccn3)CC2)c1. The van der Waals surface area contributed by atoms with Gasteiger partial charge in [0, 0.05) is 38.6 Å². The number of aromatic nitrogens is 2. The molecule has 0 atom stereocenters. The summed E-state index contributed by atoms with van der Waals surface area (Å²) in [5.74, 6) is 0.453. The molecule has 1 aromatic carbocycles. The number of benzene rings is 1. The van der Waals surface area contributed by atoms with E-state index < -0.39 is 0 Å². The number of ether oxygens (including phenoxy) is 1. The van der Waals surface area contributed by atoms with Crippen molar-refractivity contribution in [3.05, 3.63) is 54.1 Å². The number of nitrogens with zero attached hydrogens (tertiary/aromatic N) is 4. The van der Waals surface area contributed by atoms with E-state index in [1.807, 2.05) is 31.2 Å². The normalized spacial score (nSPS) is 14.3. The summed E-state index contributed by atoms with van der Waals surface area (Å²) >= 11 is 0. The number of aryl methyl sites for hydroxylation is 1. The Labute approximate surface area is 146 Å². The first-order valence-electron chi connectivity index (χ1n) is 8.16. The summed E-state index contributed by atoms with van der Waals surface area (Å²) in [7, 11) is 0. The van der Waals surface area contributed by atoms with E-state index in [0.29, 0.717) is 37.6 Å². The average Bonchev–Trinajstić information content (AvgIpc) is 2.66. The quantitative estimate of drug-likeness (QED) is 0.834. The van der Waals surface area contributed by atoms with Crippen LogP contribution in [0.3, 0.4) is 0 Å². The van der Waals surface area contributed by atoms with Gasteiger partial charge in [0.25, 0.3) is 11.8 Å². The van der Waals surface area contributed by atoms with Gasteiger partial charge in [0.05, 0.1) is 6.20 Å². The lowest BCUT2D eigenvalue weighted by Crippen LogP contribution is -2.51. The van der Waals surface area contributed by atoms with Gasteiger partial charge in [-0.1, -0.05) is 12.1 Å². The van der Waals surface area contributed by atoms with Crippen molar-refractivity contribution in [1.29, 1.82) is 0 Å². The van der Waals surface area contributed by atoms with Gasteiger partial charge in [-0.05, 0) is 24.6 Å². The van der Waals surface area contributed by atoms with Crippen molar-refractivity contribution in [3.63, 3.8) is 0 Å². The Morgan fingerprint density at radius 2 is 1.88 bits per heavy atom. The maximum Gasteiger partial charge on any atom is 0.274 e. The number of hydrogen-bond acceptors (Lipinski definition) is 5. The van der Waals surface area contributed by atoms with Crippen LogP contribution in [0, 0.1) is 6.92 Å². The van der Waals surface area contributed by atoms with Crippen LogP contribution in [-0.4, -0.2) is 64.4 Å². The van der Waals surface area contributed by atoms with Crippen molar-refractivity contribution in [2.45, 2.75) is 6.92 Å². The third kappa shape index (κ3) is 4.32. The zero-order valence-corrected chi connectivity index (χ0v) is 14.1. The Kier molecular flexibility index (Phi) is 5.23.